The predicted octanol–water partition coefficient (Wildman–Crippen LogP) is 3.01. The highest BCUT2D eigenvalue weighted by Gasteiger charge is 2.34. The van der Waals surface area contributed by atoms with Gasteiger partial charge in [-0.25, -0.2) is 0 Å². The van der Waals surface area contributed by atoms with E-state index in [1.165, 1.54) is 5.56 Å². The van der Waals surface area contributed by atoms with Crippen LogP contribution in [0.5, 0.6) is 5.75 Å². The Bertz CT molecular complexity index is 727. The number of rotatable bonds is 5. The summed E-state index contributed by atoms with van der Waals surface area (Å²) in [4.78, 5) is 26.3. The number of amides is 1. The monoisotopic (exact) mass is 355 g/mol. The molecule has 1 amide bonds. The van der Waals surface area contributed by atoms with E-state index in [4.69, 9.17) is 9.47 Å². The summed E-state index contributed by atoms with van der Waals surface area (Å²) in [6.07, 6.45) is 8.74. The molecule has 1 aromatic carbocycles. The van der Waals surface area contributed by atoms with Gasteiger partial charge in [0.25, 0.3) is 5.91 Å². The maximum absolute atomic E-state index is 13.0. The van der Waals surface area contributed by atoms with Gasteiger partial charge < -0.3 is 14.4 Å². The third-order valence-corrected chi connectivity index (χ3v) is 5.46. The predicted molar refractivity (Wildman–Crippen MR) is 96.7 cm³/mol. The van der Waals surface area contributed by atoms with Crippen LogP contribution in [0.3, 0.4) is 0 Å². The van der Waals surface area contributed by atoms with E-state index < -0.39 is 6.10 Å². The average Bonchev–Trinajstić information content (AvgIpc) is 3.30. The van der Waals surface area contributed by atoms with Crippen molar-refractivity contribution in [1.29, 1.82) is 0 Å². The highest BCUT2D eigenvalue weighted by molar-refractivity contribution is 5.86. The van der Waals surface area contributed by atoms with Gasteiger partial charge in [0.05, 0.1) is 6.61 Å². The third kappa shape index (κ3) is 3.76. The van der Waals surface area contributed by atoms with Crippen molar-refractivity contribution in [3.8, 4) is 5.75 Å². The third-order valence-electron chi connectivity index (χ3n) is 5.46. The van der Waals surface area contributed by atoms with Crippen LogP contribution in [0.4, 0.5) is 0 Å². The Morgan fingerprint density at radius 1 is 1.19 bits per heavy atom. The minimum absolute atomic E-state index is 0.0536. The summed E-state index contributed by atoms with van der Waals surface area (Å²) < 4.78 is 10.8. The van der Waals surface area contributed by atoms with Gasteiger partial charge >= 0.3 is 5.97 Å². The zero-order valence-electron chi connectivity index (χ0n) is 15.0. The SMILES string of the molecule is O=C1CC[C@@H](C(=O)N(Cc2ccc3c(c2)CCO3)C[C@@H]2CC=CCC2)O1. The Labute approximate surface area is 154 Å². The Hall–Kier alpha value is -2.30. The lowest BCUT2D eigenvalue weighted by molar-refractivity contribution is -0.153. The van der Waals surface area contributed by atoms with Crippen molar-refractivity contribution in [2.45, 2.75) is 51.2 Å². The summed E-state index contributed by atoms with van der Waals surface area (Å²) >= 11 is 0. The molecule has 2 atom stereocenters. The molecule has 0 spiro atoms. The number of fused-ring (bicyclic) bond motifs is 1. The maximum atomic E-state index is 13.0. The van der Waals surface area contributed by atoms with Gasteiger partial charge in [-0.15, -0.1) is 0 Å². The number of benzene rings is 1. The number of hydrogen-bond acceptors (Lipinski definition) is 4. The summed E-state index contributed by atoms with van der Waals surface area (Å²) in [6, 6.07) is 6.18. The second-order valence-corrected chi connectivity index (χ2v) is 7.43. The lowest BCUT2D eigenvalue weighted by Gasteiger charge is -2.30. The summed E-state index contributed by atoms with van der Waals surface area (Å²) in [5.74, 6) is 1.10. The van der Waals surface area contributed by atoms with Gasteiger partial charge in [0.1, 0.15) is 5.75 Å². The summed E-state index contributed by atoms with van der Waals surface area (Å²) in [5, 5.41) is 0. The first-order chi connectivity index (χ1) is 12.7. The average molecular weight is 355 g/mol. The second-order valence-electron chi connectivity index (χ2n) is 7.43. The van der Waals surface area contributed by atoms with E-state index in [2.05, 4.69) is 18.2 Å². The number of carbonyl (C=O) groups is 2. The molecular formula is C21H25NO4. The first-order valence-electron chi connectivity index (χ1n) is 9.57. The molecule has 0 radical (unpaired) electrons. The first-order valence-corrected chi connectivity index (χ1v) is 9.57. The number of allylic oxidation sites excluding steroid dienone is 2. The normalized spacial score (nSPS) is 24.1. The van der Waals surface area contributed by atoms with Gasteiger partial charge in [-0.3, -0.25) is 9.59 Å². The molecule has 5 nitrogen and oxygen atoms in total. The van der Waals surface area contributed by atoms with Crippen LogP contribution in [-0.4, -0.2) is 36.0 Å². The van der Waals surface area contributed by atoms with Crippen LogP contribution in [0.15, 0.2) is 30.4 Å². The van der Waals surface area contributed by atoms with Gasteiger partial charge in [-0.05, 0) is 42.4 Å². The summed E-state index contributed by atoms with van der Waals surface area (Å²) in [7, 11) is 0. The highest BCUT2D eigenvalue weighted by Crippen LogP contribution is 2.28. The Balaban J connectivity index is 1.50. The molecule has 1 fully saturated rings. The Kier molecular flexibility index (Phi) is 4.96. The summed E-state index contributed by atoms with van der Waals surface area (Å²) in [6.45, 7) is 2.00. The molecule has 1 aliphatic carbocycles. The molecular weight excluding hydrogens is 330 g/mol. The van der Waals surface area contributed by atoms with Gasteiger partial charge in [0.2, 0.25) is 0 Å². The zero-order chi connectivity index (χ0) is 17.9. The molecule has 2 aliphatic heterocycles. The number of esters is 1. The minimum atomic E-state index is -0.612. The highest BCUT2D eigenvalue weighted by atomic mass is 16.6. The van der Waals surface area contributed by atoms with Crippen LogP contribution in [0.1, 0.15) is 43.2 Å². The van der Waals surface area contributed by atoms with E-state index in [0.717, 1.165) is 43.6 Å². The zero-order valence-corrected chi connectivity index (χ0v) is 15.0. The van der Waals surface area contributed by atoms with Crippen LogP contribution in [0, 0.1) is 5.92 Å². The molecule has 4 rings (SSSR count). The van der Waals surface area contributed by atoms with Crippen LogP contribution in [0.2, 0.25) is 0 Å². The number of ether oxygens (including phenoxy) is 2. The topological polar surface area (TPSA) is 55.8 Å². The molecule has 2 heterocycles. The number of cyclic esters (lactones) is 1. The summed E-state index contributed by atoms with van der Waals surface area (Å²) in [5.41, 5.74) is 2.32. The first kappa shape index (κ1) is 17.1. The number of nitrogens with zero attached hydrogens (tertiary/aromatic N) is 1. The van der Waals surface area contributed by atoms with Crippen molar-refractivity contribution >= 4 is 11.9 Å². The molecule has 0 bridgehead atoms. The van der Waals surface area contributed by atoms with Gasteiger partial charge in [0, 0.05) is 32.4 Å². The lowest BCUT2D eigenvalue weighted by atomic mass is 9.93. The van der Waals surface area contributed by atoms with E-state index in [0.29, 0.717) is 31.8 Å². The van der Waals surface area contributed by atoms with Crippen LogP contribution in [-0.2, 0) is 27.3 Å². The molecule has 0 N–H and O–H groups in total. The maximum Gasteiger partial charge on any atom is 0.306 e. The van der Waals surface area contributed by atoms with E-state index >= 15 is 0 Å². The molecule has 5 heteroatoms. The number of carbonyl (C=O) groups excluding carboxylic acids is 2. The Morgan fingerprint density at radius 2 is 2.12 bits per heavy atom. The van der Waals surface area contributed by atoms with Crippen molar-refractivity contribution < 1.29 is 19.1 Å². The van der Waals surface area contributed by atoms with E-state index in [1.807, 2.05) is 17.0 Å². The van der Waals surface area contributed by atoms with E-state index in [9.17, 15) is 9.59 Å². The minimum Gasteiger partial charge on any atom is -0.493 e. The van der Waals surface area contributed by atoms with Crippen molar-refractivity contribution in [2.24, 2.45) is 5.92 Å². The van der Waals surface area contributed by atoms with Gasteiger partial charge in [0.15, 0.2) is 6.10 Å². The smallest absolute Gasteiger partial charge is 0.306 e. The van der Waals surface area contributed by atoms with E-state index in [1.54, 1.807) is 0 Å². The molecule has 1 saturated heterocycles. The quantitative estimate of drug-likeness (QED) is 0.602. The molecule has 138 valence electrons. The largest absolute Gasteiger partial charge is 0.493 e. The van der Waals surface area contributed by atoms with Gasteiger partial charge in [-0.1, -0.05) is 24.3 Å². The van der Waals surface area contributed by atoms with Gasteiger partial charge in [-0.2, -0.15) is 0 Å². The molecule has 0 unspecified atom stereocenters. The van der Waals surface area contributed by atoms with Crippen molar-refractivity contribution in [2.75, 3.05) is 13.2 Å². The standard InChI is InChI=1S/C21H25NO4/c23-20-9-8-19(26-20)21(24)22(13-15-4-2-1-3-5-15)14-16-6-7-18-17(12-16)10-11-25-18/h1-2,6-7,12,15,19H,3-5,8-11,13-14H2/t15-,19+/m1/s1. The van der Waals surface area contributed by atoms with Crippen molar-refractivity contribution in [1.82, 2.24) is 4.90 Å². The van der Waals surface area contributed by atoms with Crippen molar-refractivity contribution in [3.05, 3.63) is 41.5 Å². The fourth-order valence-corrected chi connectivity index (χ4v) is 4.03. The molecule has 26 heavy (non-hydrogen) atoms. The molecule has 0 saturated carbocycles. The molecule has 1 aromatic rings. The second kappa shape index (κ2) is 7.52. The molecule has 3 aliphatic rings. The fourth-order valence-electron chi connectivity index (χ4n) is 4.03. The lowest BCUT2D eigenvalue weighted by Crippen LogP contribution is -2.41. The molecule has 0 aromatic heterocycles. The number of hydrogen-bond donors (Lipinski definition) is 0. The van der Waals surface area contributed by atoms with E-state index in [-0.39, 0.29) is 11.9 Å². The van der Waals surface area contributed by atoms with Crippen LogP contribution in [0.25, 0.3) is 0 Å². The van der Waals surface area contributed by atoms with Crippen LogP contribution < -0.4 is 4.74 Å². The fraction of sp³-hybridized carbons (Fsp3) is 0.524. The van der Waals surface area contributed by atoms with Crippen LogP contribution >= 0.6 is 0 Å². The Morgan fingerprint density at radius 3 is 2.88 bits per heavy atom. The van der Waals surface area contributed by atoms with Crippen molar-refractivity contribution in [3.63, 3.8) is 0 Å².